The first-order valence-electron chi connectivity index (χ1n) is 1.76. The number of alkyl halides is 2. The number of nitrogens with two attached hydrogens (primary N) is 1. The van der Waals surface area contributed by atoms with Crippen LogP contribution in [0.4, 0.5) is 0 Å². The molecule has 8 heavy (non-hydrogen) atoms. The minimum absolute atomic E-state index is 0.00926. The number of aliphatic imine (C=N–C) groups is 1. The van der Waals surface area contributed by atoms with Gasteiger partial charge in [-0.3, -0.25) is 0 Å². The molecule has 1 aliphatic heterocycles. The van der Waals surface area contributed by atoms with Crippen molar-refractivity contribution in [2.24, 2.45) is 21.0 Å². The molecule has 0 saturated carbocycles. The van der Waals surface area contributed by atoms with Crippen LogP contribution in [0.3, 0.4) is 0 Å². The van der Waals surface area contributed by atoms with E-state index in [2.05, 4.69) is 15.2 Å². The quantitative estimate of drug-likeness (QED) is 0.407. The standard InChI is InChI=1S/C2H2Cl2N4/c3-2(4)6-1(5)7-8-2/h(H2,5,6). The van der Waals surface area contributed by atoms with Crippen molar-refractivity contribution in [2.45, 2.75) is 4.58 Å². The molecule has 1 rings (SSSR count). The van der Waals surface area contributed by atoms with Crippen LogP contribution in [0.25, 0.3) is 0 Å². The maximum Gasteiger partial charge on any atom is 0.326 e. The van der Waals surface area contributed by atoms with E-state index in [0.717, 1.165) is 0 Å². The van der Waals surface area contributed by atoms with Crippen LogP contribution in [0.1, 0.15) is 0 Å². The lowest BCUT2D eigenvalue weighted by Crippen LogP contribution is -2.07. The SMILES string of the molecule is NC1=NC(Cl)(Cl)N=N1. The third kappa shape index (κ3) is 1.08. The molecule has 0 saturated heterocycles. The fourth-order valence-electron chi connectivity index (χ4n) is 0.294. The lowest BCUT2D eigenvalue weighted by molar-refractivity contribution is 0.874. The molecule has 0 aliphatic carbocycles. The number of rotatable bonds is 0. The number of guanidine groups is 1. The van der Waals surface area contributed by atoms with Crippen LogP contribution in [0.15, 0.2) is 15.2 Å². The van der Waals surface area contributed by atoms with Crippen molar-refractivity contribution >= 4 is 29.2 Å². The Morgan fingerprint density at radius 1 is 1.50 bits per heavy atom. The summed E-state index contributed by atoms with van der Waals surface area (Å²) >= 11 is 10.6. The van der Waals surface area contributed by atoms with E-state index in [1.165, 1.54) is 0 Å². The number of hydrogen-bond acceptors (Lipinski definition) is 4. The molecule has 0 radical (unpaired) electrons. The van der Waals surface area contributed by atoms with Crippen molar-refractivity contribution in [3.8, 4) is 0 Å². The molecule has 0 aromatic carbocycles. The average molecular weight is 153 g/mol. The fourth-order valence-corrected chi connectivity index (χ4v) is 0.543. The highest BCUT2D eigenvalue weighted by atomic mass is 35.5. The summed E-state index contributed by atoms with van der Waals surface area (Å²) in [5.74, 6) is 0.00926. The van der Waals surface area contributed by atoms with Crippen LogP contribution in [-0.2, 0) is 0 Å². The normalized spacial score (nSPS) is 23.5. The second-order valence-electron chi connectivity index (χ2n) is 1.18. The smallest absolute Gasteiger partial charge is 0.326 e. The van der Waals surface area contributed by atoms with Gasteiger partial charge in [0, 0.05) is 0 Å². The van der Waals surface area contributed by atoms with E-state index in [1.807, 2.05) is 0 Å². The zero-order valence-corrected chi connectivity index (χ0v) is 5.19. The number of nitrogens with zero attached hydrogens (tertiary/aromatic N) is 3. The van der Waals surface area contributed by atoms with Gasteiger partial charge in [-0.2, -0.15) is 4.99 Å². The average Bonchev–Trinajstić information content (AvgIpc) is 1.82. The van der Waals surface area contributed by atoms with E-state index in [4.69, 9.17) is 28.9 Å². The molecule has 0 unspecified atom stereocenters. The van der Waals surface area contributed by atoms with Crippen LogP contribution in [0.2, 0.25) is 0 Å². The number of halogens is 2. The molecule has 0 aromatic heterocycles. The van der Waals surface area contributed by atoms with Crippen molar-refractivity contribution in [1.29, 1.82) is 0 Å². The number of hydrogen-bond donors (Lipinski definition) is 1. The molecule has 0 spiro atoms. The predicted molar refractivity (Wildman–Crippen MR) is 30.9 cm³/mol. The monoisotopic (exact) mass is 152 g/mol. The second kappa shape index (κ2) is 1.56. The summed E-state index contributed by atoms with van der Waals surface area (Å²) in [7, 11) is 0. The van der Waals surface area contributed by atoms with Crippen molar-refractivity contribution in [3.63, 3.8) is 0 Å². The van der Waals surface area contributed by atoms with Gasteiger partial charge in [-0.15, -0.1) is 10.2 Å². The van der Waals surface area contributed by atoms with Crippen molar-refractivity contribution in [2.75, 3.05) is 0 Å². The largest absolute Gasteiger partial charge is 0.367 e. The van der Waals surface area contributed by atoms with Crippen LogP contribution in [-0.4, -0.2) is 10.5 Å². The lowest BCUT2D eigenvalue weighted by Gasteiger charge is -1.96. The molecule has 0 aromatic rings. The van der Waals surface area contributed by atoms with E-state index < -0.39 is 4.58 Å². The second-order valence-corrected chi connectivity index (χ2v) is 2.43. The van der Waals surface area contributed by atoms with Crippen LogP contribution in [0, 0.1) is 0 Å². The highest BCUT2D eigenvalue weighted by Crippen LogP contribution is 2.27. The molecule has 2 N–H and O–H groups in total. The molecule has 0 amide bonds. The molecule has 4 nitrogen and oxygen atoms in total. The highest BCUT2D eigenvalue weighted by molar-refractivity contribution is 6.48. The summed E-state index contributed by atoms with van der Waals surface area (Å²) in [6.45, 7) is 0. The topological polar surface area (TPSA) is 63.1 Å². The Bertz CT molecular complexity index is 159. The van der Waals surface area contributed by atoms with Gasteiger partial charge in [0.05, 0.1) is 0 Å². The summed E-state index contributed by atoms with van der Waals surface area (Å²) in [4.78, 5) is 3.41. The molecule has 1 aliphatic rings. The Hall–Kier alpha value is -0.350. The van der Waals surface area contributed by atoms with Crippen molar-refractivity contribution < 1.29 is 0 Å². The molecule has 0 atom stereocenters. The van der Waals surface area contributed by atoms with E-state index in [0.29, 0.717) is 0 Å². The molecule has 44 valence electrons. The summed E-state index contributed by atoms with van der Waals surface area (Å²) in [6.07, 6.45) is 0. The predicted octanol–water partition coefficient (Wildman–Crippen LogP) is 0.856. The number of azo groups is 1. The van der Waals surface area contributed by atoms with Crippen LogP contribution in [0.5, 0.6) is 0 Å². The lowest BCUT2D eigenvalue weighted by atomic mass is 11.0. The first kappa shape index (κ1) is 5.78. The van der Waals surface area contributed by atoms with E-state index in [1.54, 1.807) is 0 Å². The van der Waals surface area contributed by atoms with Gasteiger partial charge in [0.2, 0.25) is 5.96 Å². The Labute approximate surface area is 55.4 Å². The fraction of sp³-hybridized carbons (Fsp3) is 0.500. The van der Waals surface area contributed by atoms with E-state index in [-0.39, 0.29) is 5.96 Å². The van der Waals surface area contributed by atoms with Gasteiger partial charge in [0.25, 0.3) is 0 Å². The summed E-state index contributed by atoms with van der Waals surface area (Å²) in [6, 6.07) is 0. The van der Waals surface area contributed by atoms with Gasteiger partial charge < -0.3 is 5.73 Å². The molecule has 0 fully saturated rings. The third-order valence-corrected chi connectivity index (χ3v) is 0.842. The van der Waals surface area contributed by atoms with E-state index in [9.17, 15) is 0 Å². The maximum atomic E-state index is 5.30. The Morgan fingerprint density at radius 3 is 2.25 bits per heavy atom. The zero-order valence-electron chi connectivity index (χ0n) is 3.67. The van der Waals surface area contributed by atoms with Gasteiger partial charge in [-0.25, -0.2) is 0 Å². The van der Waals surface area contributed by atoms with Gasteiger partial charge in [-0.05, 0) is 23.2 Å². The minimum Gasteiger partial charge on any atom is -0.367 e. The van der Waals surface area contributed by atoms with Gasteiger partial charge in [-0.1, -0.05) is 0 Å². The Kier molecular flexibility index (Phi) is 1.13. The Balaban J connectivity index is 2.84. The zero-order chi connectivity index (χ0) is 6.20. The molecule has 6 heteroatoms. The van der Waals surface area contributed by atoms with E-state index >= 15 is 0 Å². The minimum atomic E-state index is -1.47. The molecule has 1 heterocycles. The third-order valence-electron chi connectivity index (χ3n) is 0.522. The van der Waals surface area contributed by atoms with Gasteiger partial charge in [0.1, 0.15) is 0 Å². The molecule has 0 bridgehead atoms. The van der Waals surface area contributed by atoms with Crippen molar-refractivity contribution in [3.05, 3.63) is 0 Å². The Morgan fingerprint density at radius 2 is 2.12 bits per heavy atom. The highest BCUT2D eigenvalue weighted by Gasteiger charge is 2.26. The molecular formula is C2H2Cl2N4. The van der Waals surface area contributed by atoms with Crippen molar-refractivity contribution in [1.82, 2.24) is 0 Å². The summed E-state index contributed by atoms with van der Waals surface area (Å²) < 4.78 is -1.47. The molecular weight excluding hydrogens is 151 g/mol. The van der Waals surface area contributed by atoms with Gasteiger partial charge >= 0.3 is 4.58 Å². The van der Waals surface area contributed by atoms with Crippen LogP contribution >= 0.6 is 23.2 Å². The summed E-state index contributed by atoms with van der Waals surface area (Å²) in [5, 5.41) is 6.55. The van der Waals surface area contributed by atoms with Crippen LogP contribution < -0.4 is 5.73 Å². The maximum absolute atomic E-state index is 5.30. The summed E-state index contributed by atoms with van der Waals surface area (Å²) in [5.41, 5.74) is 5.03. The van der Waals surface area contributed by atoms with Gasteiger partial charge in [0.15, 0.2) is 0 Å². The first-order chi connectivity index (χ1) is 3.60. The first-order valence-corrected chi connectivity index (χ1v) is 2.52.